The fraction of sp³-hybridized carbons (Fsp3) is 0.727. The number of nitrogens with zero attached hydrogens (tertiary/aromatic N) is 1. The number of rotatable bonds is 3. The zero-order chi connectivity index (χ0) is 11.6. The van der Waals surface area contributed by atoms with Crippen molar-refractivity contribution in [1.82, 2.24) is 4.57 Å². The average Bonchev–Trinajstić information content (AvgIpc) is 2.15. The summed E-state index contributed by atoms with van der Waals surface area (Å²) in [6.45, 7) is 6.73. The molecule has 0 aliphatic heterocycles. The first-order valence-corrected chi connectivity index (χ1v) is 8.98. The molecule has 0 atom stereocenters. The normalized spacial score (nSPS) is 17.9. The van der Waals surface area contributed by atoms with Crippen molar-refractivity contribution in [2.45, 2.75) is 45.3 Å². The van der Waals surface area contributed by atoms with Gasteiger partial charge in [-0.15, -0.1) is 0 Å². The summed E-state index contributed by atoms with van der Waals surface area (Å²) in [5.41, 5.74) is 1.72. The van der Waals surface area contributed by atoms with Crippen molar-refractivity contribution in [3.05, 3.63) is 11.3 Å². The molecule has 1 rings (SSSR count). The average molecular weight is 227 g/mol. The largest absolute Gasteiger partial charge is 0.478 e. The van der Waals surface area contributed by atoms with Gasteiger partial charge in [-0.3, -0.25) is 0 Å². The molecule has 3 nitrogen and oxygen atoms in total. The number of allylic oxidation sites excluding steroid dienone is 1. The minimum absolute atomic E-state index is 0.645. The summed E-state index contributed by atoms with van der Waals surface area (Å²) in [6, 6.07) is 0. The molecule has 86 valence electrons. The molecule has 4 heteroatoms. The Kier molecular flexibility index (Phi) is 3.60. The van der Waals surface area contributed by atoms with Gasteiger partial charge in [0.15, 0.2) is 0 Å². The van der Waals surface area contributed by atoms with E-state index in [0.29, 0.717) is 5.57 Å². The summed E-state index contributed by atoms with van der Waals surface area (Å²) < 4.78 is 2.25. The number of carbonyl (C=O) groups is 1. The third kappa shape index (κ3) is 2.84. The van der Waals surface area contributed by atoms with Crippen LogP contribution < -0.4 is 0 Å². The van der Waals surface area contributed by atoms with Crippen molar-refractivity contribution < 1.29 is 9.90 Å². The molecule has 0 aromatic rings. The molecule has 0 radical (unpaired) electrons. The maximum absolute atomic E-state index is 11.1. The van der Waals surface area contributed by atoms with Gasteiger partial charge in [-0.25, -0.2) is 4.79 Å². The summed E-state index contributed by atoms with van der Waals surface area (Å²) in [5.74, 6) is -0.727. The van der Waals surface area contributed by atoms with Crippen LogP contribution in [0.15, 0.2) is 11.3 Å². The summed E-state index contributed by atoms with van der Waals surface area (Å²) in [5, 5.41) is 9.15. The van der Waals surface area contributed by atoms with Gasteiger partial charge >= 0.3 is 5.97 Å². The predicted octanol–water partition coefficient (Wildman–Crippen LogP) is 2.67. The van der Waals surface area contributed by atoms with E-state index in [1.165, 1.54) is 0 Å². The molecule has 0 saturated heterocycles. The Morgan fingerprint density at radius 2 is 1.80 bits per heavy atom. The highest BCUT2D eigenvalue weighted by Gasteiger charge is 2.27. The van der Waals surface area contributed by atoms with Crippen molar-refractivity contribution in [3.8, 4) is 0 Å². The Morgan fingerprint density at radius 3 is 2.27 bits per heavy atom. The summed E-state index contributed by atoms with van der Waals surface area (Å²) in [6.07, 6.45) is 3.81. The molecule has 1 aliphatic carbocycles. The number of hydrogen-bond acceptors (Lipinski definition) is 2. The van der Waals surface area contributed by atoms with Crippen LogP contribution in [0.5, 0.6) is 0 Å². The number of carboxylic acids is 1. The van der Waals surface area contributed by atoms with Crippen molar-refractivity contribution >= 4 is 14.2 Å². The summed E-state index contributed by atoms with van der Waals surface area (Å²) >= 11 is 0. The van der Waals surface area contributed by atoms with Gasteiger partial charge in [-0.05, 0) is 32.7 Å². The van der Waals surface area contributed by atoms with E-state index < -0.39 is 14.2 Å². The third-order valence-corrected chi connectivity index (χ3v) is 5.39. The topological polar surface area (TPSA) is 40.5 Å². The van der Waals surface area contributed by atoms with Crippen LogP contribution in [0.4, 0.5) is 0 Å². The highest BCUT2D eigenvalue weighted by molar-refractivity contribution is 6.73. The van der Waals surface area contributed by atoms with Crippen LogP contribution >= 0.6 is 0 Å². The molecule has 0 saturated carbocycles. The van der Waals surface area contributed by atoms with Gasteiger partial charge in [-0.2, -0.15) is 0 Å². The second kappa shape index (κ2) is 4.39. The van der Waals surface area contributed by atoms with Gasteiger partial charge in [0.25, 0.3) is 0 Å². The lowest BCUT2D eigenvalue weighted by molar-refractivity contribution is -0.133. The Hall–Kier alpha value is -0.773. The Labute approximate surface area is 92.9 Å². The monoisotopic (exact) mass is 227 g/mol. The van der Waals surface area contributed by atoms with Crippen molar-refractivity contribution in [2.24, 2.45) is 0 Å². The number of aliphatic carboxylic acids is 1. The van der Waals surface area contributed by atoms with E-state index in [2.05, 4.69) is 31.3 Å². The Bertz CT molecular complexity index is 291. The molecule has 0 fully saturated rings. The van der Waals surface area contributed by atoms with E-state index in [1.54, 1.807) is 0 Å². The maximum Gasteiger partial charge on any atom is 0.333 e. The van der Waals surface area contributed by atoms with E-state index in [-0.39, 0.29) is 0 Å². The van der Waals surface area contributed by atoms with Gasteiger partial charge in [0, 0.05) is 5.70 Å². The molecular weight excluding hydrogens is 206 g/mol. The zero-order valence-electron chi connectivity index (χ0n) is 10.1. The number of hydrogen-bond donors (Lipinski definition) is 1. The van der Waals surface area contributed by atoms with Crippen molar-refractivity contribution in [3.63, 3.8) is 0 Å². The first-order chi connectivity index (χ1) is 6.84. The van der Waals surface area contributed by atoms with Crippen molar-refractivity contribution in [1.29, 1.82) is 0 Å². The van der Waals surface area contributed by atoms with Crippen LogP contribution in [-0.2, 0) is 4.79 Å². The second-order valence-corrected chi connectivity index (χ2v) is 10.2. The lowest BCUT2D eigenvalue weighted by Crippen LogP contribution is -2.43. The second-order valence-electron chi connectivity index (χ2n) is 5.17. The molecule has 1 N–H and O–H groups in total. The van der Waals surface area contributed by atoms with E-state index in [9.17, 15) is 4.79 Å². The van der Waals surface area contributed by atoms with E-state index >= 15 is 0 Å². The lowest BCUT2D eigenvalue weighted by atomic mass is 9.96. The Morgan fingerprint density at radius 1 is 1.27 bits per heavy atom. The summed E-state index contributed by atoms with van der Waals surface area (Å²) in [4.78, 5) is 11.1. The zero-order valence-corrected chi connectivity index (χ0v) is 11.1. The highest BCUT2D eigenvalue weighted by Crippen LogP contribution is 2.29. The first-order valence-electron chi connectivity index (χ1n) is 5.53. The van der Waals surface area contributed by atoms with Crippen LogP contribution in [0, 0.1) is 0 Å². The van der Waals surface area contributed by atoms with Crippen LogP contribution in [0.1, 0.15) is 25.7 Å². The van der Waals surface area contributed by atoms with E-state index in [1.807, 2.05) is 0 Å². The molecular formula is C11H21NO2Si. The molecule has 1 aliphatic rings. The molecule has 0 amide bonds. The fourth-order valence-electron chi connectivity index (χ4n) is 1.89. The van der Waals surface area contributed by atoms with Gasteiger partial charge in [0.05, 0.1) is 5.57 Å². The van der Waals surface area contributed by atoms with E-state index in [4.69, 9.17) is 5.11 Å². The standard InChI is InChI=1S/C11H21NO2Si/c1-12(15(2,3)4)10-8-6-5-7-9(10)11(13)14/h5-8H2,1-4H3,(H,13,14). The maximum atomic E-state index is 11.1. The fourth-order valence-corrected chi connectivity index (χ4v) is 2.95. The summed E-state index contributed by atoms with van der Waals surface area (Å²) in [7, 11) is 0.628. The smallest absolute Gasteiger partial charge is 0.333 e. The molecule has 0 unspecified atom stereocenters. The van der Waals surface area contributed by atoms with Crippen LogP contribution in [0.3, 0.4) is 0 Å². The quantitative estimate of drug-likeness (QED) is 0.754. The first kappa shape index (κ1) is 12.3. The third-order valence-electron chi connectivity index (χ3n) is 3.11. The highest BCUT2D eigenvalue weighted by atomic mass is 28.3. The van der Waals surface area contributed by atoms with Gasteiger partial charge < -0.3 is 9.67 Å². The van der Waals surface area contributed by atoms with Gasteiger partial charge in [0.2, 0.25) is 0 Å². The van der Waals surface area contributed by atoms with Crippen LogP contribution in [0.25, 0.3) is 0 Å². The molecule has 0 aromatic carbocycles. The SMILES string of the molecule is CN(C1=C(C(=O)O)CCCC1)[Si](C)(C)C. The number of carboxylic acid groups (broad SMARTS) is 1. The molecule has 0 spiro atoms. The minimum atomic E-state index is -1.42. The lowest BCUT2D eigenvalue weighted by Gasteiger charge is -2.37. The van der Waals surface area contributed by atoms with E-state index in [0.717, 1.165) is 31.4 Å². The predicted molar refractivity (Wildman–Crippen MR) is 64.2 cm³/mol. The van der Waals surface area contributed by atoms with Gasteiger partial charge in [0.1, 0.15) is 8.24 Å². The van der Waals surface area contributed by atoms with Crippen LogP contribution in [-0.4, -0.2) is 30.9 Å². The molecule has 0 bridgehead atoms. The molecule has 0 aromatic heterocycles. The van der Waals surface area contributed by atoms with Crippen molar-refractivity contribution in [2.75, 3.05) is 7.05 Å². The molecule has 0 heterocycles. The van der Waals surface area contributed by atoms with Crippen LogP contribution in [0.2, 0.25) is 19.6 Å². The Balaban J connectivity index is 3.02. The van der Waals surface area contributed by atoms with Gasteiger partial charge in [-0.1, -0.05) is 19.6 Å². The minimum Gasteiger partial charge on any atom is -0.478 e. The molecule has 15 heavy (non-hydrogen) atoms.